The van der Waals surface area contributed by atoms with Gasteiger partial charge in [0.2, 0.25) is 0 Å². The van der Waals surface area contributed by atoms with E-state index in [4.69, 9.17) is 4.74 Å². The van der Waals surface area contributed by atoms with Crippen LogP contribution in [0.5, 0.6) is 0 Å². The Labute approximate surface area is 74.9 Å². The molecule has 0 N–H and O–H groups in total. The fourth-order valence-electron chi connectivity index (χ4n) is 2.97. The molecule has 70 valence electrons. The molecule has 3 aliphatic rings. The van der Waals surface area contributed by atoms with Crippen LogP contribution in [-0.2, 0) is 4.74 Å². The highest BCUT2D eigenvalue weighted by molar-refractivity contribution is 5.05. The lowest BCUT2D eigenvalue weighted by molar-refractivity contribution is -0.0923. The Morgan fingerprint density at radius 3 is 2.92 bits per heavy atom. The Balaban J connectivity index is 2.13. The zero-order valence-electron chi connectivity index (χ0n) is 8.34. The average Bonchev–Trinajstić information content (AvgIpc) is 2.17. The van der Waals surface area contributed by atoms with Crippen LogP contribution in [0.25, 0.3) is 0 Å². The molecule has 2 nitrogen and oxygen atoms in total. The van der Waals surface area contributed by atoms with Crippen LogP contribution in [0.2, 0.25) is 0 Å². The molecule has 2 heteroatoms. The van der Waals surface area contributed by atoms with Gasteiger partial charge in [0.15, 0.2) is 0 Å². The van der Waals surface area contributed by atoms with Crippen LogP contribution in [0.15, 0.2) is 0 Å². The molecule has 3 rings (SSSR count). The van der Waals surface area contributed by atoms with Crippen molar-refractivity contribution in [1.29, 1.82) is 0 Å². The smallest absolute Gasteiger partial charge is 0.0648 e. The molecule has 0 spiro atoms. The zero-order valence-corrected chi connectivity index (χ0v) is 8.34. The third-order valence-corrected chi connectivity index (χ3v) is 3.26. The van der Waals surface area contributed by atoms with Crippen LogP contribution in [-0.4, -0.2) is 35.7 Å². The fraction of sp³-hybridized carbons (Fsp3) is 1.00. The van der Waals surface area contributed by atoms with E-state index in [1.165, 1.54) is 12.8 Å². The lowest BCUT2D eigenvalue weighted by Gasteiger charge is -2.57. The summed E-state index contributed by atoms with van der Waals surface area (Å²) in [4.78, 5) is 2.62. The largest absolute Gasteiger partial charge is 0.379 e. The maximum Gasteiger partial charge on any atom is 0.0648 e. The van der Waals surface area contributed by atoms with Crippen molar-refractivity contribution in [1.82, 2.24) is 4.90 Å². The van der Waals surface area contributed by atoms with E-state index in [-0.39, 0.29) is 0 Å². The van der Waals surface area contributed by atoms with Gasteiger partial charge in [-0.2, -0.15) is 0 Å². The quantitative estimate of drug-likeness (QED) is 0.592. The number of hydrogen-bond donors (Lipinski definition) is 0. The van der Waals surface area contributed by atoms with Gasteiger partial charge in [-0.3, -0.25) is 4.90 Å². The van der Waals surface area contributed by atoms with E-state index in [0.29, 0.717) is 11.6 Å². The third-order valence-electron chi connectivity index (χ3n) is 3.26. The molecule has 0 amide bonds. The van der Waals surface area contributed by atoms with Gasteiger partial charge in [-0.25, -0.2) is 0 Å². The minimum atomic E-state index is 0.356. The summed E-state index contributed by atoms with van der Waals surface area (Å²) in [7, 11) is 0. The minimum absolute atomic E-state index is 0.356. The van der Waals surface area contributed by atoms with Crippen molar-refractivity contribution < 1.29 is 4.74 Å². The summed E-state index contributed by atoms with van der Waals surface area (Å²) in [6, 6.07) is 1.48. The highest BCUT2D eigenvalue weighted by Crippen LogP contribution is 2.41. The van der Waals surface area contributed by atoms with Crippen molar-refractivity contribution in [3.05, 3.63) is 0 Å². The van der Waals surface area contributed by atoms with E-state index in [9.17, 15) is 0 Å². The van der Waals surface area contributed by atoms with E-state index in [1.807, 2.05) is 0 Å². The third kappa shape index (κ3) is 1.09. The second-order valence-electron chi connectivity index (χ2n) is 4.70. The molecule has 12 heavy (non-hydrogen) atoms. The highest BCUT2D eigenvalue weighted by Gasteiger charge is 2.50. The molecule has 0 aromatic carbocycles. The fourth-order valence-corrected chi connectivity index (χ4v) is 2.97. The van der Waals surface area contributed by atoms with Gasteiger partial charge < -0.3 is 4.74 Å². The van der Waals surface area contributed by atoms with E-state index in [0.717, 1.165) is 19.3 Å². The number of nitrogens with zero attached hydrogens (tertiary/aromatic N) is 1. The number of fused-ring (bicyclic) bond motifs is 3. The first-order chi connectivity index (χ1) is 5.63. The van der Waals surface area contributed by atoms with Crippen LogP contribution < -0.4 is 0 Å². The number of hydrogen-bond acceptors (Lipinski definition) is 2. The maximum absolute atomic E-state index is 5.59. The summed E-state index contributed by atoms with van der Waals surface area (Å²) in [5.74, 6) is 0. The Morgan fingerprint density at radius 1 is 1.50 bits per heavy atom. The predicted molar refractivity (Wildman–Crippen MR) is 49.2 cm³/mol. The van der Waals surface area contributed by atoms with Crippen molar-refractivity contribution in [2.75, 3.05) is 13.2 Å². The molecule has 0 aliphatic carbocycles. The van der Waals surface area contributed by atoms with Gasteiger partial charge in [-0.05, 0) is 33.6 Å². The average molecular weight is 169 g/mol. The molecule has 2 bridgehead atoms. The van der Waals surface area contributed by atoms with Crippen molar-refractivity contribution in [2.24, 2.45) is 0 Å². The normalized spacial score (nSPS) is 42.5. The van der Waals surface area contributed by atoms with Gasteiger partial charge in [-0.1, -0.05) is 0 Å². The van der Waals surface area contributed by atoms with Gasteiger partial charge in [-0.15, -0.1) is 0 Å². The molecule has 0 saturated carbocycles. The van der Waals surface area contributed by atoms with Gasteiger partial charge in [0.25, 0.3) is 0 Å². The zero-order chi connectivity index (χ0) is 8.77. The van der Waals surface area contributed by atoms with E-state index in [1.54, 1.807) is 0 Å². The molecule has 3 saturated heterocycles. The summed E-state index contributed by atoms with van der Waals surface area (Å²) >= 11 is 0. The van der Waals surface area contributed by atoms with E-state index in [2.05, 4.69) is 25.7 Å². The lowest BCUT2D eigenvalue weighted by atomic mass is 9.78. The molecule has 0 radical (unpaired) electrons. The summed E-state index contributed by atoms with van der Waals surface area (Å²) in [6.45, 7) is 8.80. The highest BCUT2D eigenvalue weighted by atomic mass is 16.5. The topological polar surface area (TPSA) is 12.5 Å². The Hall–Kier alpha value is -0.0800. The van der Waals surface area contributed by atoms with Crippen LogP contribution in [0.4, 0.5) is 0 Å². The number of rotatable bonds is 1. The van der Waals surface area contributed by atoms with Crippen molar-refractivity contribution in [3.63, 3.8) is 0 Å². The molecule has 3 heterocycles. The molecule has 3 aliphatic heterocycles. The van der Waals surface area contributed by atoms with Crippen LogP contribution in [0.1, 0.15) is 33.6 Å². The van der Waals surface area contributed by atoms with Gasteiger partial charge in [0.05, 0.1) is 6.61 Å². The van der Waals surface area contributed by atoms with Crippen LogP contribution in [0.3, 0.4) is 0 Å². The predicted octanol–water partition coefficient (Wildman–Crippen LogP) is 1.65. The summed E-state index contributed by atoms with van der Waals surface area (Å²) in [6.07, 6.45) is 2.57. The first-order valence-electron chi connectivity index (χ1n) is 5.00. The molecular weight excluding hydrogens is 150 g/mol. The Kier molecular flexibility index (Phi) is 1.92. The van der Waals surface area contributed by atoms with Gasteiger partial charge in [0, 0.05) is 24.2 Å². The van der Waals surface area contributed by atoms with Crippen LogP contribution >= 0.6 is 0 Å². The molecule has 3 fully saturated rings. The van der Waals surface area contributed by atoms with Gasteiger partial charge >= 0.3 is 0 Å². The van der Waals surface area contributed by atoms with Gasteiger partial charge in [0.1, 0.15) is 0 Å². The summed E-state index contributed by atoms with van der Waals surface area (Å²) in [5, 5.41) is 0. The summed E-state index contributed by atoms with van der Waals surface area (Å²) < 4.78 is 5.59. The molecule has 0 aromatic rings. The molecular formula is C10H19NO. The van der Waals surface area contributed by atoms with E-state index >= 15 is 0 Å². The van der Waals surface area contributed by atoms with Crippen LogP contribution in [0, 0.1) is 0 Å². The summed E-state index contributed by atoms with van der Waals surface area (Å²) in [5.41, 5.74) is 0.356. The molecule has 0 aromatic heterocycles. The number of ether oxygens (including phenoxy) is 1. The Bertz CT molecular complexity index is 177. The second-order valence-corrected chi connectivity index (χ2v) is 4.70. The van der Waals surface area contributed by atoms with Crippen molar-refractivity contribution in [3.8, 4) is 0 Å². The van der Waals surface area contributed by atoms with Crippen molar-refractivity contribution in [2.45, 2.75) is 51.2 Å². The maximum atomic E-state index is 5.59. The SMILES string of the molecule is CC(C)N1C2CCOCC1(C)C2. The van der Waals surface area contributed by atoms with Crippen molar-refractivity contribution >= 4 is 0 Å². The second kappa shape index (κ2) is 2.71. The Morgan fingerprint density at radius 2 is 2.25 bits per heavy atom. The minimum Gasteiger partial charge on any atom is -0.379 e. The first-order valence-corrected chi connectivity index (χ1v) is 5.00. The standard InChI is InChI=1S/C10H19NO/c1-8(2)11-9-4-5-12-7-10(11,3)6-9/h8-9H,4-7H2,1-3H3. The monoisotopic (exact) mass is 169 g/mol. The van der Waals surface area contributed by atoms with E-state index < -0.39 is 0 Å². The molecule has 2 unspecified atom stereocenters. The lowest BCUT2D eigenvalue weighted by Crippen LogP contribution is -2.67. The first kappa shape index (κ1) is 8.52. The molecule has 2 atom stereocenters.